The number of likely N-dealkylation sites (tertiary alicyclic amines) is 1. The van der Waals surface area contributed by atoms with Gasteiger partial charge in [0.1, 0.15) is 0 Å². The number of likely N-dealkylation sites (N-methyl/N-ethyl adjacent to an activating group) is 1. The number of amides is 2. The molecule has 0 saturated carbocycles. The van der Waals surface area contributed by atoms with Gasteiger partial charge in [-0.2, -0.15) is 0 Å². The van der Waals surface area contributed by atoms with E-state index in [2.05, 4.69) is 10.6 Å². The molecule has 2 N–H and O–H groups in total. The molecule has 1 fully saturated rings. The highest BCUT2D eigenvalue weighted by atomic mass is 35.5. The monoisotopic (exact) mass is 353 g/mol. The minimum atomic E-state index is -0.0684. The molecule has 5 nitrogen and oxygen atoms in total. The van der Waals surface area contributed by atoms with Gasteiger partial charge in [0, 0.05) is 25.6 Å². The third-order valence-electron chi connectivity index (χ3n) is 4.38. The SMILES string of the molecule is CNC1CCCN(C(=O)CNC(=O)CCc2ccc(C)cc2)C1.Cl. The molecule has 0 radical (unpaired) electrons. The summed E-state index contributed by atoms with van der Waals surface area (Å²) in [5.41, 5.74) is 2.36. The maximum absolute atomic E-state index is 12.2. The molecule has 2 rings (SSSR count). The fourth-order valence-electron chi connectivity index (χ4n) is 2.83. The zero-order chi connectivity index (χ0) is 16.7. The molecule has 0 aromatic heterocycles. The molecule has 6 heteroatoms. The van der Waals surface area contributed by atoms with Gasteiger partial charge in [-0.25, -0.2) is 0 Å². The van der Waals surface area contributed by atoms with Crippen LogP contribution < -0.4 is 10.6 Å². The number of halogens is 1. The van der Waals surface area contributed by atoms with Crippen molar-refractivity contribution in [2.24, 2.45) is 0 Å². The minimum Gasteiger partial charge on any atom is -0.347 e. The van der Waals surface area contributed by atoms with Crippen LogP contribution in [0.3, 0.4) is 0 Å². The van der Waals surface area contributed by atoms with Crippen molar-refractivity contribution in [2.75, 3.05) is 26.7 Å². The van der Waals surface area contributed by atoms with E-state index in [9.17, 15) is 9.59 Å². The summed E-state index contributed by atoms with van der Waals surface area (Å²) in [5, 5.41) is 5.96. The van der Waals surface area contributed by atoms with Crippen LogP contribution in [0.25, 0.3) is 0 Å². The average molecular weight is 354 g/mol. The smallest absolute Gasteiger partial charge is 0.242 e. The highest BCUT2D eigenvalue weighted by Crippen LogP contribution is 2.09. The van der Waals surface area contributed by atoms with Crippen LogP contribution >= 0.6 is 12.4 Å². The van der Waals surface area contributed by atoms with Crippen molar-refractivity contribution in [3.05, 3.63) is 35.4 Å². The number of hydrogen-bond donors (Lipinski definition) is 2. The fraction of sp³-hybridized carbons (Fsp3) is 0.556. The van der Waals surface area contributed by atoms with Crippen molar-refractivity contribution in [3.8, 4) is 0 Å². The van der Waals surface area contributed by atoms with Crippen LogP contribution in [-0.2, 0) is 16.0 Å². The lowest BCUT2D eigenvalue weighted by Crippen LogP contribution is -2.49. The summed E-state index contributed by atoms with van der Waals surface area (Å²) in [6.45, 7) is 3.66. The number of nitrogens with zero attached hydrogens (tertiary/aromatic N) is 1. The number of benzene rings is 1. The number of aryl methyl sites for hydroxylation is 2. The van der Waals surface area contributed by atoms with Crippen molar-refractivity contribution in [3.63, 3.8) is 0 Å². The Morgan fingerprint density at radius 3 is 2.62 bits per heavy atom. The van der Waals surface area contributed by atoms with Crippen LogP contribution in [0.5, 0.6) is 0 Å². The molecule has 1 heterocycles. The van der Waals surface area contributed by atoms with E-state index in [0.717, 1.165) is 31.5 Å². The van der Waals surface area contributed by atoms with Gasteiger partial charge in [-0.05, 0) is 38.8 Å². The lowest BCUT2D eigenvalue weighted by Gasteiger charge is -2.32. The molecule has 1 unspecified atom stereocenters. The molecule has 2 amide bonds. The van der Waals surface area contributed by atoms with Crippen LogP contribution in [0.2, 0.25) is 0 Å². The van der Waals surface area contributed by atoms with Gasteiger partial charge in [0.2, 0.25) is 11.8 Å². The first-order valence-electron chi connectivity index (χ1n) is 8.36. The summed E-state index contributed by atoms with van der Waals surface area (Å²) < 4.78 is 0. The first-order chi connectivity index (χ1) is 11.1. The largest absolute Gasteiger partial charge is 0.347 e. The van der Waals surface area contributed by atoms with E-state index in [1.807, 2.05) is 43.1 Å². The van der Waals surface area contributed by atoms with Crippen LogP contribution in [0, 0.1) is 6.92 Å². The summed E-state index contributed by atoms with van der Waals surface area (Å²) in [5.74, 6) is -0.0604. The maximum Gasteiger partial charge on any atom is 0.242 e. The topological polar surface area (TPSA) is 61.4 Å². The van der Waals surface area contributed by atoms with Crippen molar-refractivity contribution < 1.29 is 9.59 Å². The zero-order valence-corrected chi connectivity index (χ0v) is 15.3. The van der Waals surface area contributed by atoms with E-state index >= 15 is 0 Å². The second-order valence-electron chi connectivity index (χ2n) is 6.23. The van der Waals surface area contributed by atoms with E-state index in [0.29, 0.717) is 18.9 Å². The molecule has 0 bridgehead atoms. The maximum atomic E-state index is 12.2. The Hall–Kier alpha value is -1.59. The quantitative estimate of drug-likeness (QED) is 0.818. The molecule has 0 spiro atoms. The lowest BCUT2D eigenvalue weighted by atomic mass is 10.1. The molecule has 24 heavy (non-hydrogen) atoms. The predicted octanol–water partition coefficient (Wildman–Crippen LogP) is 1.68. The van der Waals surface area contributed by atoms with Crippen molar-refractivity contribution in [1.82, 2.24) is 15.5 Å². The van der Waals surface area contributed by atoms with E-state index < -0.39 is 0 Å². The highest BCUT2D eigenvalue weighted by Gasteiger charge is 2.22. The Morgan fingerprint density at radius 1 is 1.25 bits per heavy atom. The van der Waals surface area contributed by atoms with Crippen molar-refractivity contribution in [2.45, 2.75) is 38.6 Å². The summed E-state index contributed by atoms with van der Waals surface area (Å²) in [7, 11) is 1.92. The molecular formula is C18H28ClN3O2. The first kappa shape index (κ1) is 20.5. The summed E-state index contributed by atoms with van der Waals surface area (Å²) in [6.07, 6.45) is 3.23. The second-order valence-corrected chi connectivity index (χ2v) is 6.23. The van der Waals surface area contributed by atoms with Gasteiger partial charge in [-0.3, -0.25) is 9.59 Å². The Morgan fingerprint density at radius 2 is 1.96 bits per heavy atom. The fourth-order valence-corrected chi connectivity index (χ4v) is 2.83. The summed E-state index contributed by atoms with van der Waals surface area (Å²) in [4.78, 5) is 25.9. The van der Waals surface area contributed by atoms with Crippen LogP contribution in [0.4, 0.5) is 0 Å². The number of piperidine rings is 1. The number of nitrogens with one attached hydrogen (secondary N) is 2. The Labute approximate surface area is 150 Å². The van der Waals surface area contributed by atoms with Gasteiger partial charge in [0.25, 0.3) is 0 Å². The van der Waals surface area contributed by atoms with Gasteiger partial charge in [-0.15, -0.1) is 12.4 Å². The standard InChI is InChI=1S/C18H27N3O2.ClH/c1-14-5-7-15(8-6-14)9-10-17(22)20-12-18(23)21-11-3-4-16(13-21)19-2;/h5-8,16,19H,3-4,9-13H2,1-2H3,(H,20,22);1H. The van der Waals surface area contributed by atoms with E-state index in [1.54, 1.807) is 0 Å². The second kappa shape index (κ2) is 10.3. The Balaban J connectivity index is 0.00000288. The summed E-state index contributed by atoms with van der Waals surface area (Å²) >= 11 is 0. The Bertz CT molecular complexity index is 534. The molecule has 1 aromatic carbocycles. The summed E-state index contributed by atoms with van der Waals surface area (Å²) in [6, 6.07) is 8.54. The van der Waals surface area contributed by atoms with Gasteiger partial charge >= 0.3 is 0 Å². The van der Waals surface area contributed by atoms with Crippen molar-refractivity contribution >= 4 is 24.2 Å². The number of carbonyl (C=O) groups is 2. The van der Waals surface area contributed by atoms with E-state index in [-0.39, 0.29) is 30.8 Å². The third kappa shape index (κ3) is 6.49. The van der Waals surface area contributed by atoms with Gasteiger partial charge in [0.15, 0.2) is 0 Å². The molecule has 1 atom stereocenters. The lowest BCUT2D eigenvalue weighted by molar-refractivity contribution is -0.133. The van der Waals surface area contributed by atoms with Gasteiger partial charge < -0.3 is 15.5 Å². The number of hydrogen-bond acceptors (Lipinski definition) is 3. The first-order valence-corrected chi connectivity index (χ1v) is 8.36. The molecule has 134 valence electrons. The normalized spacial score (nSPS) is 17.1. The van der Waals surface area contributed by atoms with E-state index in [4.69, 9.17) is 0 Å². The average Bonchev–Trinajstić information content (AvgIpc) is 2.59. The Kier molecular flexibility index (Phi) is 8.79. The minimum absolute atomic E-state index is 0. The third-order valence-corrected chi connectivity index (χ3v) is 4.38. The predicted molar refractivity (Wildman–Crippen MR) is 98.4 cm³/mol. The van der Waals surface area contributed by atoms with Crippen LogP contribution in [0.1, 0.15) is 30.4 Å². The number of rotatable bonds is 6. The van der Waals surface area contributed by atoms with Crippen LogP contribution in [0.15, 0.2) is 24.3 Å². The number of carbonyl (C=O) groups excluding carboxylic acids is 2. The molecule has 1 aliphatic rings. The van der Waals surface area contributed by atoms with Crippen molar-refractivity contribution in [1.29, 1.82) is 0 Å². The zero-order valence-electron chi connectivity index (χ0n) is 14.5. The highest BCUT2D eigenvalue weighted by molar-refractivity contribution is 5.85. The van der Waals surface area contributed by atoms with Crippen LogP contribution in [-0.4, -0.2) is 49.4 Å². The van der Waals surface area contributed by atoms with E-state index in [1.165, 1.54) is 5.56 Å². The van der Waals surface area contributed by atoms with Gasteiger partial charge in [0.05, 0.1) is 6.54 Å². The molecule has 0 aliphatic carbocycles. The molecule has 1 saturated heterocycles. The molecular weight excluding hydrogens is 326 g/mol. The van der Waals surface area contributed by atoms with Gasteiger partial charge in [-0.1, -0.05) is 29.8 Å². The molecule has 1 aromatic rings. The molecule has 1 aliphatic heterocycles.